The number of rotatable bonds is 40. The van der Waals surface area contributed by atoms with Crippen molar-refractivity contribution in [2.75, 3.05) is 13.2 Å². The van der Waals surface area contributed by atoms with Crippen LogP contribution < -0.4 is 0 Å². The highest BCUT2D eigenvalue weighted by atomic mass is 16.7. The average Bonchev–Trinajstić information content (AvgIpc) is 3.21. The summed E-state index contributed by atoms with van der Waals surface area (Å²) < 4.78 is 21.8. The number of allylic oxidation sites excluding steroid dienone is 2. The Morgan fingerprint density at radius 3 is 1.34 bits per heavy atom. The lowest BCUT2D eigenvalue weighted by Crippen LogP contribution is -2.60. The molecule has 1 rings (SSSR count). The number of carboxylic acids is 1. The Bertz CT molecular complexity index is 1020. The van der Waals surface area contributed by atoms with Crippen LogP contribution in [0.4, 0.5) is 0 Å². The molecule has 0 aromatic rings. The van der Waals surface area contributed by atoms with Crippen molar-refractivity contribution in [3.8, 4) is 0 Å². The zero-order chi connectivity index (χ0) is 42.5. The minimum Gasteiger partial charge on any atom is -0.479 e. The molecule has 0 aliphatic carbocycles. The SMILES string of the molecule is CCCCCCCC/C=C\CCCCCCCC(=O)OCC(COC1OC(C(=O)O)C(O)C(O)C1O)OC(=O)CCCCCCCCCCCCCCCCCCC. The molecule has 4 N–H and O–H groups in total. The second kappa shape index (κ2) is 37.9. The number of carboxylic acid groups (broad SMARTS) is 1. The fourth-order valence-corrected chi connectivity index (χ4v) is 7.35. The first kappa shape index (κ1) is 54.0. The Hall–Kier alpha value is -2.05. The third-order valence-corrected chi connectivity index (χ3v) is 11.1. The van der Waals surface area contributed by atoms with E-state index in [0.717, 1.165) is 57.8 Å². The number of unbranched alkanes of at least 4 members (excludes halogenated alkanes) is 27. The van der Waals surface area contributed by atoms with Crippen LogP contribution in [0.5, 0.6) is 0 Å². The van der Waals surface area contributed by atoms with Gasteiger partial charge in [-0.15, -0.1) is 0 Å². The smallest absolute Gasteiger partial charge is 0.335 e. The lowest BCUT2D eigenvalue weighted by atomic mass is 9.99. The summed E-state index contributed by atoms with van der Waals surface area (Å²) in [6.45, 7) is 3.82. The Balaban J connectivity index is 2.34. The summed E-state index contributed by atoms with van der Waals surface area (Å²) >= 11 is 0. The Morgan fingerprint density at radius 2 is 0.914 bits per heavy atom. The van der Waals surface area contributed by atoms with Crippen LogP contribution in [0.25, 0.3) is 0 Å². The highest BCUT2D eigenvalue weighted by molar-refractivity contribution is 5.73. The quantitative estimate of drug-likeness (QED) is 0.0263. The summed E-state index contributed by atoms with van der Waals surface area (Å²) in [6.07, 6.45) is 31.2. The minimum absolute atomic E-state index is 0.187. The molecule has 0 bridgehead atoms. The molecule has 58 heavy (non-hydrogen) atoms. The number of carbonyl (C=O) groups excluding carboxylic acids is 2. The number of aliphatic carboxylic acids is 1. The van der Waals surface area contributed by atoms with E-state index in [4.69, 9.17) is 18.9 Å². The van der Waals surface area contributed by atoms with Gasteiger partial charge in [0, 0.05) is 12.8 Å². The zero-order valence-corrected chi connectivity index (χ0v) is 36.8. The number of aliphatic hydroxyl groups excluding tert-OH is 3. The molecule has 0 aromatic heterocycles. The molecule has 0 radical (unpaired) electrons. The van der Waals surface area contributed by atoms with Gasteiger partial charge in [-0.3, -0.25) is 9.59 Å². The third-order valence-electron chi connectivity index (χ3n) is 11.1. The highest BCUT2D eigenvalue weighted by Gasteiger charge is 2.47. The zero-order valence-electron chi connectivity index (χ0n) is 36.8. The van der Waals surface area contributed by atoms with Crippen molar-refractivity contribution in [2.24, 2.45) is 0 Å². The van der Waals surface area contributed by atoms with E-state index >= 15 is 0 Å². The van der Waals surface area contributed by atoms with Gasteiger partial charge in [0.15, 0.2) is 18.5 Å². The first-order valence-corrected chi connectivity index (χ1v) is 23.7. The molecule has 6 unspecified atom stereocenters. The molecule has 340 valence electrons. The summed E-state index contributed by atoms with van der Waals surface area (Å²) in [7, 11) is 0. The van der Waals surface area contributed by atoms with Crippen molar-refractivity contribution in [3.05, 3.63) is 12.2 Å². The van der Waals surface area contributed by atoms with Gasteiger partial charge < -0.3 is 39.4 Å². The predicted octanol–water partition coefficient (Wildman–Crippen LogP) is 10.4. The van der Waals surface area contributed by atoms with Gasteiger partial charge in [0.2, 0.25) is 0 Å². The number of carbonyl (C=O) groups is 3. The molecule has 1 saturated heterocycles. The van der Waals surface area contributed by atoms with Gasteiger partial charge in [-0.25, -0.2) is 4.79 Å². The summed E-state index contributed by atoms with van der Waals surface area (Å²) in [5.74, 6) is -2.44. The van der Waals surface area contributed by atoms with Gasteiger partial charge in [-0.05, 0) is 38.5 Å². The number of ether oxygens (including phenoxy) is 4. The lowest BCUT2D eigenvalue weighted by Gasteiger charge is -2.38. The van der Waals surface area contributed by atoms with Gasteiger partial charge in [0.1, 0.15) is 24.9 Å². The van der Waals surface area contributed by atoms with E-state index in [9.17, 15) is 34.8 Å². The summed E-state index contributed by atoms with van der Waals surface area (Å²) in [5, 5.41) is 39.8. The van der Waals surface area contributed by atoms with E-state index < -0.39 is 54.7 Å². The summed E-state index contributed by atoms with van der Waals surface area (Å²) in [5.41, 5.74) is 0. The largest absolute Gasteiger partial charge is 0.479 e. The Kier molecular flexibility index (Phi) is 35.3. The van der Waals surface area contributed by atoms with Crippen LogP contribution in [-0.4, -0.2) is 88.4 Å². The first-order valence-electron chi connectivity index (χ1n) is 23.7. The first-order chi connectivity index (χ1) is 28.2. The second-order valence-corrected chi connectivity index (χ2v) is 16.6. The van der Waals surface area contributed by atoms with Gasteiger partial charge in [0.05, 0.1) is 6.61 Å². The molecule has 1 aliphatic rings. The van der Waals surface area contributed by atoms with E-state index in [1.54, 1.807) is 0 Å². The number of aliphatic hydroxyl groups is 3. The molecule has 0 saturated carbocycles. The van der Waals surface area contributed by atoms with Crippen molar-refractivity contribution in [1.29, 1.82) is 0 Å². The normalized spacial score (nSPS) is 20.1. The Morgan fingerprint density at radius 1 is 0.517 bits per heavy atom. The molecular weight excluding hydrogens is 741 g/mol. The van der Waals surface area contributed by atoms with Crippen molar-refractivity contribution in [3.63, 3.8) is 0 Å². The average molecular weight is 827 g/mol. The lowest BCUT2D eigenvalue weighted by molar-refractivity contribution is -0.298. The summed E-state index contributed by atoms with van der Waals surface area (Å²) in [4.78, 5) is 36.9. The van der Waals surface area contributed by atoms with E-state index in [0.29, 0.717) is 12.8 Å². The van der Waals surface area contributed by atoms with Gasteiger partial charge in [-0.1, -0.05) is 180 Å². The fraction of sp³-hybridized carbons (Fsp3) is 0.894. The number of hydrogen-bond donors (Lipinski definition) is 4. The second-order valence-electron chi connectivity index (χ2n) is 16.6. The number of esters is 2. The molecule has 1 aliphatic heterocycles. The van der Waals surface area contributed by atoms with Gasteiger partial charge >= 0.3 is 17.9 Å². The molecule has 6 atom stereocenters. The monoisotopic (exact) mass is 827 g/mol. The van der Waals surface area contributed by atoms with Gasteiger partial charge in [0.25, 0.3) is 0 Å². The highest BCUT2D eigenvalue weighted by Crippen LogP contribution is 2.23. The molecule has 0 spiro atoms. The molecular formula is C47H86O11. The minimum atomic E-state index is -1.86. The van der Waals surface area contributed by atoms with Crippen LogP contribution in [0.1, 0.15) is 219 Å². The van der Waals surface area contributed by atoms with Crippen LogP contribution in [0.15, 0.2) is 12.2 Å². The maximum Gasteiger partial charge on any atom is 0.335 e. The molecule has 0 amide bonds. The molecule has 0 aromatic carbocycles. The Labute approximate surface area is 352 Å². The molecule has 11 nitrogen and oxygen atoms in total. The van der Waals surface area contributed by atoms with Crippen LogP contribution in [0, 0.1) is 0 Å². The van der Waals surface area contributed by atoms with E-state index in [1.165, 1.54) is 122 Å². The maximum absolute atomic E-state index is 12.8. The van der Waals surface area contributed by atoms with E-state index in [1.807, 2.05) is 0 Å². The molecule has 1 heterocycles. The maximum atomic E-state index is 12.8. The van der Waals surface area contributed by atoms with Crippen molar-refractivity contribution >= 4 is 17.9 Å². The van der Waals surface area contributed by atoms with E-state index in [-0.39, 0.29) is 26.1 Å². The van der Waals surface area contributed by atoms with Crippen LogP contribution in [0.2, 0.25) is 0 Å². The third kappa shape index (κ3) is 29.2. The van der Waals surface area contributed by atoms with Crippen molar-refractivity contribution in [1.82, 2.24) is 0 Å². The molecule has 1 fully saturated rings. The van der Waals surface area contributed by atoms with Crippen molar-refractivity contribution < 1.29 is 53.8 Å². The molecule has 11 heteroatoms. The van der Waals surface area contributed by atoms with Crippen molar-refractivity contribution in [2.45, 2.75) is 256 Å². The summed E-state index contributed by atoms with van der Waals surface area (Å²) in [6, 6.07) is 0. The number of hydrogen-bond acceptors (Lipinski definition) is 10. The van der Waals surface area contributed by atoms with Crippen LogP contribution in [0.3, 0.4) is 0 Å². The topological polar surface area (TPSA) is 169 Å². The fourth-order valence-electron chi connectivity index (χ4n) is 7.35. The van der Waals surface area contributed by atoms with Gasteiger partial charge in [-0.2, -0.15) is 0 Å². The predicted molar refractivity (Wildman–Crippen MR) is 229 cm³/mol. The van der Waals surface area contributed by atoms with E-state index in [2.05, 4.69) is 26.0 Å². The van der Waals surface area contributed by atoms with Crippen LogP contribution >= 0.6 is 0 Å². The van der Waals surface area contributed by atoms with Crippen LogP contribution in [-0.2, 0) is 33.3 Å². The standard InChI is InChI=1S/C47H86O11/c1-3-5-7-9-11-13-15-17-19-20-22-24-26-28-30-32-34-36-41(49)57-39(38-56-47-44(52)42(50)43(51)45(58-47)46(53)54)37-55-40(48)35-33-31-29-27-25-23-21-18-16-14-12-10-8-6-4-2/h18,21,39,42-45,47,50-52H,3-17,19-20,22-38H2,1-2H3,(H,53,54)/b21-18-.